The zero-order chi connectivity index (χ0) is 12.5. The Kier molecular flexibility index (Phi) is 2.80. The van der Waals surface area contributed by atoms with Gasteiger partial charge in [-0.05, 0) is 18.6 Å². The molecule has 92 valence electrons. The van der Waals surface area contributed by atoms with E-state index in [1.165, 1.54) is 0 Å². The summed E-state index contributed by atoms with van der Waals surface area (Å²) in [5.41, 5.74) is 1.91. The van der Waals surface area contributed by atoms with E-state index < -0.39 is 0 Å². The summed E-state index contributed by atoms with van der Waals surface area (Å²) >= 11 is 5.91. The van der Waals surface area contributed by atoms with Gasteiger partial charge in [0.05, 0.1) is 5.69 Å². The van der Waals surface area contributed by atoms with Gasteiger partial charge in [0.2, 0.25) is 0 Å². The summed E-state index contributed by atoms with van der Waals surface area (Å²) in [6.07, 6.45) is 1.02. The summed E-state index contributed by atoms with van der Waals surface area (Å²) in [4.78, 5) is 2.16. The molecule has 3 rings (SSSR count). The van der Waals surface area contributed by atoms with E-state index in [4.69, 9.17) is 16.3 Å². The van der Waals surface area contributed by atoms with Crippen molar-refractivity contribution in [3.8, 4) is 11.6 Å². The van der Waals surface area contributed by atoms with Crippen molar-refractivity contribution in [3.05, 3.63) is 35.5 Å². The summed E-state index contributed by atoms with van der Waals surface area (Å²) in [7, 11) is 0. The maximum atomic E-state index is 5.91. The topological polar surface area (TPSA) is 38.2 Å². The molecule has 1 aromatic heterocycles. The zero-order valence-electron chi connectivity index (χ0n) is 9.93. The minimum atomic E-state index is 0.373. The number of aromatic nitrogens is 2. The second-order valence-corrected chi connectivity index (χ2v) is 4.47. The van der Waals surface area contributed by atoms with E-state index in [9.17, 15) is 0 Å². The molecule has 0 saturated heterocycles. The molecule has 1 aliphatic rings. The molecular weight excluding hydrogens is 250 g/mol. The summed E-state index contributed by atoms with van der Waals surface area (Å²) in [6.45, 7) is 3.02. The van der Waals surface area contributed by atoms with Gasteiger partial charge in [-0.2, -0.15) is 0 Å². The zero-order valence-corrected chi connectivity index (χ0v) is 10.7. The molecule has 0 N–H and O–H groups in total. The van der Waals surface area contributed by atoms with Crippen molar-refractivity contribution in [2.45, 2.75) is 13.3 Å². The summed E-state index contributed by atoms with van der Waals surface area (Å²) in [5, 5.41) is 8.20. The Morgan fingerprint density at radius 1 is 1.22 bits per heavy atom. The lowest BCUT2D eigenvalue weighted by Crippen LogP contribution is -2.22. The van der Waals surface area contributed by atoms with Crippen LogP contribution in [0.15, 0.2) is 30.3 Å². The molecule has 1 aliphatic heterocycles. The van der Waals surface area contributed by atoms with Crippen molar-refractivity contribution in [2.75, 3.05) is 11.4 Å². The number of nitrogens with zero attached hydrogens (tertiary/aromatic N) is 3. The van der Waals surface area contributed by atoms with E-state index in [1.54, 1.807) is 6.07 Å². The summed E-state index contributed by atoms with van der Waals surface area (Å²) < 4.78 is 5.74. The second-order valence-electron chi connectivity index (χ2n) is 4.08. The fourth-order valence-corrected chi connectivity index (χ4v) is 2.22. The largest absolute Gasteiger partial charge is 0.434 e. The van der Waals surface area contributed by atoms with Gasteiger partial charge in [0.25, 0.3) is 5.88 Å². The van der Waals surface area contributed by atoms with E-state index in [0.29, 0.717) is 11.0 Å². The van der Waals surface area contributed by atoms with Gasteiger partial charge in [-0.1, -0.05) is 30.7 Å². The molecule has 0 atom stereocenters. The van der Waals surface area contributed by atoms with Crippen LogP contribution in [0.2, 0.25) is 5.15 Å². The minimum absolute atomic E-state index is 0.373. The molecule has 0 aliphatic carbocycles. The quantitative estimate of drug-likeness (QED) is 0.825. The molecule has 5 heteroatoms. The molecule has 18 heavy (non-hydrogen) atoms. The van der Waals surface area contributed by atoms with Crippen LogP contribution in [0.5, 0.6) is 11.6 Å². The lowest BCUT2D eigenvalue weighted by Gasteiger charge is -2.31. The average Bonchev–Trinajstić information content (AvgIpc) is 2.39. The number of hydrogen-bond donors (Lipinski definition) is 0. The molecule has 0 unspecified atom stereocenters. The summed E-state index contributed by atoms with van der Waals surface area (Å²) in [5.74, 6) is 1.31. The molecule has 2 aromatic rings. The summed E-state index contributed by atoms with van der Waals surface area (Å²) in [6, 6.07) is 9.68. The first kappa shape index (κ1) is 11.3. The molecule has 0 spiro atoms. The Hall–Kier alpha value is -1.81. The third-order valence-electron chi connectivity index (χ3n) is 2.81. The first-order valence-electron chi connectivity index (χ1n) is 5.87. The fraction of sp³-hybridized carbons (Fsp3) is 0.231. The van der Waals surface area contributed by atoms with Crippen LogP contribution in [0, 0.1) is 0 Å². The molecule has 0 saturated carbocycles. The van der Waals surface area contributed by atoms with Crippen molar-refractivity contribution in [1.29, 1.82) is 0 Å². The van der Waals surface area contributed by atoms with Crippen LogP contribution < -0.4 is 9.64 Å². The Morgan fingerprint density at radius 2 is 2.06 bits per heavy atom. The van der Waals surface area contributed by atoms with Crippen LogP contribution in [0.3, 0.4) is 0 Å². The molecular formula is C13H12ClN3O. The number of benzene rings is 1. The molecule has 4 nitrogen and oxygen atoms in total. The van der Waals surface area contributed by atoms with Gasteiger partial charge in [-0.25, -0.2) is 0 Å². The number of para-hydroxylation sites is 2. The maximum absolute atomic E-state index is 5.91. The Labute approximate surface area is 110 Å². The van der Waals surface area contributed by atoms with Gasteiger partial charge in [0.1, 0.15) is 5.69 Å². The van der Waals surface area contributed by atoms with Crippen LogP contribution in [-0.4, -0.2) is 16.7 Å². The fourth-order valence-electron chi connectivity index (χ4n) is 2.08. The maximum Gasteiger partial charge on any atom is 0.263 e. The third kappa shape index (κ3) is 1.78. The van der Waals surface area contributed by atoms with Crippen molar-refractivity contribution in [3.63, 3.8) is 0 Å². The average molecular weight is 262 g/mol. The number of ether oxygens (including phenoxy) is 1. The van der Waals surface area contributed by atoms with Crippen LogP contribution in [0.4, 0.5) is 11.4 Å². The molecule has 0 fully saturated rings. The second kappa shape index (κ2) is 4.46. The van der Waals surface area contributed by atoms with Crippen molar-refractivity contribution in [1.82, 2.24) is 10.2 Å². The van der Waals surface area contributed by atoms with E-state index in [1.807, 2.05) is 24.3 Å². The van der Waals surface area contributed by atoms with Gasteiger partial charge in [0.15, 0.2) is 10.9 Å². The molecule has 0 amide bonds. The van der Waals surface area contributed by atoms with Crippen LogP contribution >= 0.6 is 11.6 Å². The Morgan fingerprint density at radius 3 is 2.89 bits per heavy atom. The first-order valence-corrected chi connectivity index (χ1v) is 6.25. The highest BCUT2D eigenvalue weighted by Gasteiger charge is 2.25. The monoisotopic (exact) mass is 261 g/mol. The van der Waals surface area contributed by atoms with E-state index in [0.717, 1.165) is 30.1 Å². The number of halogens is 1. The molecule has 0 bridgehead atoms. The third-order valence-corrected chi connectivity index (χ3v) is 3.00. The van der Waals surface area contributed by atoms with Gasteiger partial charge in [-0.3, -0.25) is 0 Å². The molecule has 0 radical (unpaired) electrons. The number of fused-ring (bicyclic) bond motifs is 2. The van der Waals surface area contributed by atoms with Crippen LogP contribution in [0.25, 0.3) is 0 Å². The van der Waals surface area contributed by atoms with Crippen molar-refractivity contribution < 1.29 is 4.74 Å². The SMILES string of the molecule is CCCN1c2ccccc2Oc2nnc(Cl)cc21. The number of anilines is 2. The van der Waals surface area contributed by atoms with Gasteiger partial charge < -0.3 is 9.64 Å². The molecule has 1 aromatic carbocycles. The van der Waals surface area contributed by atoms with E-state index in [-0.39, 0.29) is 0 Å². The highest BCUT2D eigenvalue weighted by atomic mass is 35.5. The highest BCUT2D eigenvalue weighted by Crippen LogP contribution is 2.45. The predicted octanol–water partition coefficient (Wildman–Crippen LogP) is 3.78. The Bertz CT molecular complexity index is 588. The van der Waals surface area contributed by atoms with Gasteiger partial charge in [-0.15, -0.1) is 10.2 Å². The Balaban J connectivity index is 2.15. The number of rotatable bonds is 2. The molecule has 2 heterocycles. The van der Waals surface area contributed by atoms with E-state index >= 15 is 0 Å². The van der Waals surface area contributed by atoms with Gasteiger partial charge >= 0.3 is 0 Å². The smallest absolute Gasteiger partial charge is 0.263 e. The van der Waals surface area contributed by atoms with Crippen LogP contribution in [-0.2, 0) is 0 Å². The van der Waals surface area contributed by atoms with Crippen molar-refractivity contribution >= 4 is 23.0 Å². The first-order chi connectivity index (χ1) is 8.79. The van der Waals surface area contributed by atoms with E-state index in [2.05, 4.69) is 22.0 Å². The normalized spacial score (nSPS) is 12.7. The lowest BCUT2D eigenvalue weighted by atomic mass is 10.2. The standard InChI is InChI=1S/C13H12ClN3O/c1-2-7-17-9-5-3-4-6-11(9)18-13-10(17)8-12(14)15-16-13/h3-6,8H,2,7H2,1H3. The highest BCUT2D eigenvalue weighted by molar-refractivity contribution is 6.29. The van der Waals surface area contributed by atoms with Crippen molar-refractivity contribution in [2.24, 2.45) is 0 Å². The lowest BCUT2D eigenvalue weighted by molar-refractivity contribution is 0.446. The predicted molar refractivity (Wildman–Crippen MR) is 70.9 cm³/mol. The minimum Gasteiger partial charge on any atom is -0.434 e. The number of hydrogen-bond acceptors (Lipinski definition) is 4. The van der Waals surface area contributed by atoms with Gasteiger partial charge in [0, 0.05) is 12.6 Å². The van der Waals surface area contributed by atoms with Crippen LogP contribution in [0.1, 0.15) is 13.3 Å².